The second-order valence-corrected chi connectivity index (χ2v) is 5.02. The molecular weight excluding hydrogens is 230 g/mol. The summed E-state index contributed by atoms with van der Waals surface area (Å²) in [7, 11) is 1.39. The third-order valence-corrected chi connectivity index (χ3v) is 3.77. The number of hydrogen-bond donors (Lipinski definition) is 2. The normalized spacial score (nSPS) is 24.9. The first kappa shape index (κ1) is 15.2. The van der Waals surface area contributed by atoms with E-state index in [0.29, 0.717) is 30.6 Å². The van der Waals surface area contributed by atoms with Gasteiger partial charge in [-0.05, 0) is 38.1 Å². The Morgan fingerprint density at radius 2 is 2.06 bits per heavy atom. The summed E-state index contributed by atoms with van der Waals surface area (Å²) in [6.45, 7) is 3.64. The van der Waals surface area contributed by atoms with Gasteiger partial charge in [0.15, 0.2) is 0 Å². The molecule has 1 aliphatic carbocycles. The van der Waals surface area contributed by atoms with E-state index in [1.54, 1.807) is 6.92 Å². The molecule has 18 heavy (non-hydrogen) atoms. The monoisotopic (exact) mass is 255 g/mol. The molecule has 1 saturated carbocycles. The van der Waals surface area contributed by atoms with E-state index in [1.165, 1.54) is 26.4 Å². The van der Waals surface area contributed by atoms with Gasteiger partial charge in [-0.15, -0.1) is 0 Å². The van der Waals surface area contributed by atoms with E-state index >= 15 is 0 Å². The van der Waals surface area contributed by atoms with Gasteiger partial charge in [0, 0.05) is 18.7 Å². The number of rotatable bonds is 6. The molecule has 1 aliphatic rings. The largest absolute Gasteiger partial charge is 0.466 e. The van der Waals surface area contributed by atoms with Gasteiger partial charge in [-0.3, -0.25) is 0 Å². The second-order valence-electron chi connectivity index (χ2n) is 5.02. The van der Waals surface area contributed by atoms with E-state index in [-0.39, 0.29) is 5.97 Å². The summed E-state index contributed by atoms with van der Waals surface area (Å²) in [5.41, 5.74) is 0.632. The van der Waals surface area contributed by atoms with Crippen LogP contribution < -0.4 is 5.32 Å². The van der Waals surface area contributed by atoms with Crippen molar-refractivity contribution in [1.29, 1.82) is 0 Å². The van der Waals surface area contributed by atoms with Crippen molar-refractivity contribution in [3.05, 3.63) is 11.6 Å². The van der Waals surface area contributed by atoms with Gasteiger partial charge in [0.25, 0.3) is 0 Å². The summed E-state index contributed by atoms with van der Waals surface area (Å²) >= 11 is 0. The van der Waals surface area contributed by atoms with Gasteiger partial charge in [0.1, 0.15) is 0 Å². The molecule has 104 valence electrons. The van der Waals surface area contributed by atoms with E-state index in [0.717, 1.165) is 13.0 Å². The predicted molar refractivity (Wildman–Crippen MR) is 71.2 cm³/mol. The van der Waals surface area contributed by atoms with Crippen molar-refractivity contribution in [2.75, 3.05) is 26.8 Å². The van der Waals surface area contributed by atoms with E-state index in [2.05, 4.69) is 10.1 Å². The lowest BCUT2D eigenvalue weighted by atomic mass is 9.79. The molecule has 0 aromatic heterocycles. The lowest BCUT2D eigenvalue weighted by molar-refractivity contribution is -0.136. The molecule has 4 nitrogen and oxygen atoms in total. The van der Waals surface area contributed by atoms with E-state index in [9.17, 15) is 9.90 Å². The van der Waals surface area contributed by atoms with Crippen molar-refractivity contribution in [2.24, 2.45) is 11.8 Å². The highest BCUT2D eigenvalue weighted by atomic mass is 16.5. The number of esters is 1. The quantitative estimate of drug-likeness (QED) is 0.429. The van der Waals surface area contributed by atoms with Gasteiger partial charge >= 0.3 is 5.97 Å². The summed E-state index contributed by atoms with van der Waals surface area (Å²) in [6, 6.07) is 0. The predicted octanol–water partition coefficient (Wildman–Crippen LogP) is 1.49. The van der Waals surface area contributed by atoms with E-state index in [1.807, 2.05) is 6.08 Å². The van der Waals surface area contributed by atoms with Gasteiger partial charge in [0.2, 0.25) is 0 Å². The minimum atomic E-state index is -0.275. The lowest BCUT2D eigenvalue weighted by Gasteiger charge is -2.30. The van der Waals surface area contributed by atoms with Crippen LogP contribution in [-0.2, 0) is 9.53 Å². The van der Waals surface area contributed by atoms with Gasteiger partial charge < -0.3 is 15.2 Å². The molecule has 0 aromatic rings. The maximum Gasteiger partial charge on any atom is 0.333 e. The number of nitrogens with one attached hydrogen (secondary N) is 1. The zero-order valence-corrected chi connectivity index (χ0v) is 11.4. The number of ether oxygens (including phenoxy) is 1. The number of hydrogen-bond acceptors (Lipinski definition) is 4. The van der Waals surface area contributed by atoms with E-state index in [4.69, 9.17) is 0 Å². The Morgan fingerprint density at radius 1 is 1.39 bits per heavy atom. The highest BCUT2D eigenvalue weighted by molar-refractivity contribution is 5.87. The number of carbonyl (C=O) groups is 1. The maximum atomic E-state index is 11.2. The minimum absolute atomic E-state index is 0.275. The molecule has 2 unspecified atom stereocenters. The molecule has 0 heterocycles. The number of aliphatic hydroxyl groups excluding tert-OH is 1. The van der Waals surface area contributed by atoms with Crippen LogP contribution >= 0.6 is 0 Å². The molecule has 0 radical (unpaired) electrons. The Kier molecular flexibility index (Phi) is 6.98. The van der Waals surface area contributed by atoms with Gasteiger partial charge in [-0.2, -0.15) is 0 Å². The lowest BCUT2D eigenvalue weighted by Crippen LogP contribution is -2.32. The molecule has 0 aliphatic heterocycles. The van der Waals surface area contributed by atoms with Gasteiger partial charge in [-0.25, -0.2) is 4.79 Å². The SMILES string of the molecule is COC(=O)C(C)=CCNCC1CCCCC1CO. The summed E-state index contributed by atoms with van der Waals surface area (Å²) in [5.74, 6) is 0.732. The molecule has 1 fully saturated rings. The van der Waals surface area contributed by atoms with Gasteiger partial charge in [-0.1, -0.05) is 18.9 Å². The molecule has 0 amide bonds. The third kappa shape index (κ3) is 4.78. The standard InChI is InChI=1S/C14H25NO3/c1-11(14(17)18-2)7-8-15-9-12-5-3-4-6-13(12)10-16/h7,12-13,15-16H,3-6,8-10H2,1-2H3. The van der Waals surface area contributed by atoms with Crippen LogP contribution in [0.25, 0.3) is 0 Å². The van der Waals surface area contributed by atoms with Crippen molar-refractivity contribution in [1.82, 2.24) is 5.32 Å². The van der Waals surface area contributed by atoms with Crippen molar-refractivity contribution >= 4 is 5.97 Å². The molecule has 2 atom stereocenters. The second kappa shape index (κ2) is 8.27. The van der Waals surface area contributed by atoms with Crippen LogP contribution in [0.3, 0.4) is 0 Å². The summed E-state index contributed by atoms with van der Waals surface area (Å²) in [4.78, 5) is 11.2. The number of carbonyl (C=O) groups excluding carboxylic acids is 1. The van der Waals surface area contributed by atoms with Crippen molar-refractivity contribution in [2.45, 2.75) is 32.6 Å². The maximum absolute atomic E-state index is 11.2. The number of methoxy groups -OCH3 is 1. The Bertz CT molecular complexity index is 289. The summed E-state index contributed by atoms with van der Waals surface area (Å²) < 4.78 is 4.63. The molecule has 0 saturated heterocycles. The smallest absolute Gasteiger partial charge is 0.333 e. The van der Waals surface area contributed by atoms with Crippen LogP contribution in [0, 0.1) is 11.8 Å². The average Bonchev–Trinajstić information content (AvgIpc) is 2.42. The minimum Gasteiger partial charge on any atom is -0.466 e. The van der Waals surface area contributed by atoms with Crippen LogP contribution in [0.5, 0.6) is 0 Å². The first-order valence-corrected chi connectivity index (χ1v) is 6.75. The topological polar surface area (TPSA) is 58.6 Å². The van der Waals surface area contributed by atoms with Crippen molar-refractivity contribution < 1.29 is 14.6 Å². The fourth-order valence-corrected chi connectivity index (χ4v) is 2.53. The Balaban J connectivity index is 2.26. The Labute approximate surface area is 109 Å². The van der Waals surface area contributed by atoms with Crippen LogP contribution in [-0.4, -0.2) is 37.9 Å². The molecule has 4 heteroatoms. The zero-order chi connectivity index (χ0) is 13.4. The van der Waals surface area contributed by atoms with Crippen LogP contribution in [0.15, 0.2) is 11.6 Å². The highest BCUT2D eigenvalue weighted by Gasteiger charge is 2.23. The van der Waals surface area contributed by atoms with Crippen LogP contribution in [0.1, 0.15) is 32.6 Å². The van der Waals surface area contributed by atoms with Crippen molar-refractivity contribution in [3.63, 3.8) is 0 Å². The van der Waals surface area contributed by atoms with Crippen molar-refractivity contribution in [3.8, 4) is 0 Å². The Morgan fingerprint density at radius 3 is 2.67 bits per heavy atom. The van der Waals surface area contributed by atoms with E-state index < -0.39 is 0 Å². The molecule has 0 bridgehead atoms. The first-order chi connectivity index (χ1) is 8.69. The summed E-state index contributed by atoms with van der Waals surface area (Å²) in [6.07, 6.45) is 6.68. The average molecular weight is 255 g/mol. The Hall–Kier alpha value is -0.870. The van der Waals surface area contributed by atoms with Gasteiger partial charge in [0.05, 0.1) is 7.11 Å². The number of aliphatic hydroxyl groups is 1. The first-order valence-electron chi connectivity index (χ1n) is 6.75. The summed E-state index contributed by atoms with van der Waals surface area (Å²) in [5, 5.41) is 12.6. The molecule has 1 rings (SSSR count). The van der Waals surface area contributed by atoms with Crippen LogP contribution in [0.4, 0.5) is 0 Å². The molecular formula is C14H25NO3. The fourth-order valence-electron chi connectivity index (χ4n) is 2.53. The highest BCUT2D eigenvalue weighted by Crippen LogP contribution is 2.28. The van der Waals surface area contributed by atoms with Crippen LogP contribution in [0.2, 0.25) is 0 Å². The fraction of sp³-hybridized carbons (Fsp3) is 0.786. The molecule has 2 N–H and O–H groups in total. The third-order valence-electron chi connectivity index (χ3n) is 3.77. The molecule has 0 spiro atoms. The zero-order valence-electron chi connectivity index (χ0n) is 11.4. The molecule has 0 aromatic carbocycles.